The molecular formula is C20H30O2. The van der Waals surface area contributed by atoms with Gasteiger partial charge in [-0.1, -0.05) is 37.6 Å². The molecule has 22 heavy (non-hydrogen) atoms. The summed E-state index contributed by atoms with van der Waals surface area (Å²) in [6.45, 7) is 12.7. The lowest BCUT2D eigenvalue weighted by atomic mass is 9.99. The van der Waals surface area contributed by atoms with E-state index >= 15 is 0 Å². The molecule has 0 amide bonds. The van der Waals surface area contributed by atoms with Crippen molar-refractivity contribution in [2.24, 2.45) is 17.3 Å². The summed E-state index contributed by atoms with van der Waals surface area (Å²) in [5.74, 6) is 1.19. The second-order valence-corrected chi connectivity index (χ2v) is 7.55. The second kappa shape index (κ2) is 6.44. The van der Waals surface area contributed by atoms with Gasteiger partial charge in [0.1, 0.15) is 6.10 Å². The maximum atomic E-state index is 12.1. The number of hydrogen-bond acceptors (Lipinski definition) is 2. The van der Waals surface area contributed by atoms with E-state index in [4.69, 9.17) is 4.74 Å². The van der Waals surface area contributed by atoms with Crippen LogP contribution in [0.25, 0.3) is 0 Å². The van der Waals surface area contributed by atoms with E-state index in [2.05, 4.69) is 39.8 Å². The topological polar surface area (TPSA) is 26.3 Å². The Morgan fingerprint density at radius 3 is 2.68 bits per heavy atom. The number of carbonyl (C=O) groups excluding carboxylic acids is 1. The first-order valence-corrected chi connectivity index (χ1v) is 8.45. The Morgan fingerprint density at radius 2 is 2.05 bits per heavy atom. The third kappa shape index (κ3) is 3.53. The molecule has 0 radical (unpaired) electrons. The SMILES string of the molecule is C/C=C(/C)C(=O)O[C@H]1C/C=C(\C)CC[C@@H]2[C@H](/C=C/1C)C2(C)C. The van der Waals surface area contributed by atoms with Gasteiger partial charge in [-0.25, -0.2) is 4.79 Å². The summed E-state index contributed by atoms with van der Waals surface area (Å²) in [4.78, 5) is 12.1. The van der Waals surface area contributed by atoms with Crippen molar-refractivity contribution in [3.05, 3.63) is 34.9 Å². The van der Waals surface area contributed by atoms with E-state index in [1.165, 1.54) is 17.6 Å². The molecule has 3 atom stereocenters. The van der Waals surface area contributed by atoms with Crippen LogP contribution in [0.3, 0.4) is 0 Å². The van der Waals surface area contributed by atoms with Gasteiger partial charge in [0.2, 0.25) is 0 Å². The Hall–Kier alpha value is -1.31. The van der Waals surface area contributed by atoms with E-state index in [9.17, 15) is 4.79 Å². The molecule has 0 unspecified atom stereocenters. The van der Waals surface area contributed by atoms with E-state index < -0.39 is 0 Å². The number of hydrogen-bond donors (Lipinski definition) is 0. The van der Waals surface area contributed by atoms with E-state index in [1.54, 1.807) is 0 Å². The van der Waals surface area contributed by atoms with E-state index in [-0.39, 0.29) is 12.1 Å². The molecule has 0 aliphatic heterocycles. The third-order valence-electron chi connectivity index (χ3n) is 5.62. The number of carbonyl (C=O) groups is 1. The van der Waals surface area contributed by atoms with Crippen LogP contribution in [0.2, 0.25) is 0 Å². The maximum Gasteiger partial charge on any atom is 0.333 e. The minimum absolute atomic E-state index is 0.132. The summed E-state index contributed by atoms with van der Waals surface area (Å²) in [7, 11) is 0. The van der Waals surface area contributed by atoms with E-state index in [0.717, 1.165) is 18.8 Å². The van der Waals surface area contributed by atoms with Crippen LogP contribution in [-0.2, 0) is 9.53 Å². The maximum absolute atomic E-state index is 12.1. The van der Waals surface area contributed by atoms with Crippen molar-refractivity contribution in [1.29, 1.82) is 0 Å². The highest BCUT2D eigenvalue weighted by atomic mass is 16.5. The lowest BCUT2D eigenvalue weighted by Crippen LogP contribution is -2.20. The molecule has 0 heterocycles. The predicted octanol–water partition coefficient (Wildman–Crippen LogP) is 5.21. The smallest absolute Gasteiger partial charge is 0.333 e. The monoisotopic (exact) mass is 302 g/mol. The first-order valence-electron chi connectivity index (χ1n) is 8.45. The van der Waals surface area contributed by atoms with Gasteiger partial charge in [0.05, 0.1) is 0 Å². The van der Waals surface area contributed by atoms with Crippen molar-refractivity contribution < 1.29 is 9.53 Å². The van der Waals surface area contributed by atoms with Crippen molar-refractivity contribution in [2.45, 2.75) is 66.9 Å². The zero-order chi connectivity index (χ0) is 16.5. The van der Waals surface area contributed by atoms with Crippen molar-refractivity contribution in [2.75, 3.05) is 0 Å². The van der Waals surface area contributed by atoms with Gasteiger partial charge >= 0.3 is 5.97 Å². The molecule has 2 nitrogen and oxygen atoms in total. The lowest BCUT2D eigenvalue weighted by Gasteiger charge is -2.19. The largest absolute Gasteiger partial charge is 0.454 e. The first kappa shape index (κ1) is 17.1. The zero-order valence-electron chi connectivity index (χ0n) is 14.9. The minimum Gasteiger partial charge on any atom is -0.454 e. The summed E-state index contributed by atoms with van der Waals surface area (Å²) in [6, 6.07) is 0. The highest BCUT2D eigenvalue weighted by Gasteiger charge is 2.55. The highest BCUT2D eigenvalue weighted by Crippen LogP contribution is 2.61. The van der Waals surface area contributed by atoms with Crippen molar-refractivity contribution >= 4 is 5.97 Å². The van der Waals surface area contributed by atoms with Crippen LogP contribution < -0.4 is 0 Å². The van der Waals surface area contributed by atoms with Crippen LogP contribution in [0.4, 0.5) is 0 Å². The van der Waals surface area contributed by atoms with Crippen molar-refractivity contribution in [1.82, 2.24) is 0 Å². The van der Waals surface area contributed by atoms with Gasteiger partial charge in [-0.2, -0.15) is 0 Å². The molecule has 0 bridgehead atoms. The molecule has 2 rings (SSSR count). The molecule has 0 aromatic rings. The van der Waals surface area contributed by atoms with Crippen molar-refractivity contribution in [3.8, 4) is 0 Å². The van der Waals surface area contributed by atoms with Gasteiger partial charge in [-0.05, 0) is 63.4 Å². The molecule has 0 spiro atoms. The Balaban J connectivity index is 2.21. The van der Waals surface area contributed by atoms with Gasteiger partial charge in [0.25, 0.3) is 0 Å². The standard InChI is InChI=1S/C20H30O2/c1-7-14(3)19(21)22-18-11-9-13(2)8-10-16-17(12-15(18)4)20(16,5)6/h7,9,12,16-18H,8,10-11H2,1-6H3/b13-9+,14-7-,15-12+/t16-,17+,18+/m1/s1. The molecule has 0 N–H and O–H groups in total. The summed E-state index contributed by atoms with van der Waals surface area (Å²) in [5.41, 5.74) is 3.68. The number of rotatable bonds is 2. The molecular weight excluding hydrogens is 272 g/mol. The minimum atomic E-state index is -0.199. The van der Waals surface area contributed by atoms with Crippen LogP contribution in [-0.4, -0.2) is 12.1 Å². The van der Waals surface area contributed by atoms with Gasteiger partial charge in [0.15, 0.2) is 0 Å². The molecule has 2 heteroatoms. The summed E-state index contributed by atoms with van der Waals surface area (Å²) >= 11 is 0. The third-order valence-corrected chi connectivity index (χ3v) is 5.62. The number of allylic oxidation sites excluding steroid dienone is 3. The van der Waals surface area contributed by atoms with E-state index in [0.29, 0.717) is 16.9 Å². The van der Waals surface area contributed by atoms with Crippen LogP contribution in [0, 0.1) is 17.3 Å². The fraction of sp³-hybridized carbons (Fsp3) is 0.650. The molecule has 2 aliphatic carbocycles. The first-order chi connectivity index (χ1) is 10.3. The van der Waals surface area contributed by atoms with Gasteiger partial charge in [0, 0.05) is 12.0 Å². The van der Waals surface area contributed by atoms with E-state index in [1.807, 2.05) is 19.9 Å². The average molecular weight is 302 g/mol. The quantitative estimate of drug-likeness (QED) is 0.397. The molecule has 0 saturated heterocycles. The Labute approximate surface area is 135 Å². The molecule has 122 valence electrons. The number of fused-ring (bicyclic) bond motifs is 1. The lowest BCUT2D eigenvalue weighted by molar-refractivity contribution is -0.142. The van der Waals surface area contributed by atoms with Crippen LogP contribution in [0.15, 0.2) is 34.9 Å². The average Bonchev–Trinajstić information content (AvgIpc) is 2.99. The highest BCUT2D eigenvalue weighted by molar-refractivity contribution is 5.87. The summed E-state index contributed by atoms with van der Waals surface area (Å²) in [5, 5.41) is 0. The Kier molecular flexibility index (Phi) is 4.99. The molecule has 0 aromatic carbocycles. The molecule has 0 aromatic heterocycles. The number of esters is 1. The fourth-order valence-electron chi connectivity index (χ4n) is 3.52. The Morgan fingerprint density at radius 1 is 1.36 bits per heavy atom. The summed E-state index contributed by atoms with van der Waals surface area (Å²) in [6.07, 6.45) is 9.50. The second-order valence-electron chi connectivity index (χ2n) is 7.55. The van der Waals surface area contributed by atoms with Gasteiger partial charge in [-0.15, -0.1) is 0 Å². The fourth-order valence-corrected chi connectivity index (χ4v) is 3.52. The summed E-state index contributed by atoms with van der Waals surface area (Å²) < 4.78 is 5.75. The van der Waals surface area contributed by atoms with Crippen molar-refractivity contribution in [3.63, 3.8) is 0 Å². The molecule has 1 fully saturated rings. The van der Waals surface area contributed by atoms with Gasteiger partial charge in [-0.3, -0.25) is 0 Å². The Bertz CT molecular complexity index is 534. The van der Waals surface area contributed by atoms with Crippen LogP contribution in [0.5, 0.6) is 0 Å². The number of ether oxygens (including phenoxy) is 1. The molecule has 2 aliphatic rings. The normalized spacial score (nSPS) is 36.3. The van der Waals surface area contributed by atoms with Gasteiger partial charge < -0.3 is 4.74 Å². The predicted molar refractivity (Wildman–Crippen MR) is 91.4 cm³/mol. The van der Waals surface area contributed by atoms with Crippen LogP contribution >= 0.6 is 0 Å². The van der Waals surface area contributed by atoms with Crippen LogP contribution in [0.1, 0.15) is 60.8 Å². The molecule has 1 saturated carbocycles. The zero-order valence-corrected chi connectivity index (χ0v) is 14.9.